The highest BCUT2D eigenvalue weighted by Crippen LogP contribution is 2.37. The van der Waals surface area contributed by atoms with Crippen LogP contribution in [0.4, 0.5) is 13.2 Å². The molecule has 2 aromatic carbocycles. The van der Waals surface area contributed by atoms with E-state index >= 15 is 0 Å². The number of hydrogen-bond acceptors (Lipinski definition) is 6. The van der Waals surface area contributed by atoms with Crippen LogP contribution in [0.3, 0.4) is 0 Å². The second-order valence-electron chi connectivity index (χ2n) is 8.88. The minimum absolute atomic E-state index is 0.00292. The van der Waals surface area contributed by atoms with Gasteiger partial charge in [-0.15, -0.1) is 0 Å². The van der Waals surface area contributed by atoms with E-state index in [0.29, 0.717) is 17.4 Å². The summed E-state index contributed by atoms with van der Waals surface area (Å²) in [6.45, 7) is 3.59. The molecule has 194 valence electrons. The van der Waals surface area contributed by atoms with Gasteiger partial charge in [0.15, 0.2) is 11.5 Å². The topological polar surface area (TPSA) is 94.5 Å². The summed E-state index contributed by atoms with van der Waals surface area (Å²) < 4.78 is 51.1. The highest BCUT2D eigenvalue weighted by molar-refractivity contribution is 5.98. The van der Waals surface area contributed by atoms with E-state index in [1.807, 2.05) is 37.3 Å². The maximum Gasteiger partial charge on any atom is 0.433 e. The minimum Gasteiger partial charge on any atom is -0.494 e. The van der Waals surface area contributed by atoms with Crippen LogP contribution in [-0.4, -0.2) is 41.0 Å². The Morgan fingerprint density at radius 1 is 1.08 bits per heavy atom. The van der Waals surface area contributed by atoms with Gasteiger partial charge in [-0.2, -0.15) is 13.2 Å². The van der Waals surface area contributed by atoms with Gasteiger partial charge in [-0.3, -0.25) is 4.79 Å². The zero-order valence-corrected chi connectivity index (χ0v) is 20.8. The molecule has 7 nitrogen and oxygen atoms in total. The molecule has 0 aliphatic heterocycles. The number of nitrogens with two attached hydrogens (primary N) is 1. The Morgan fingerprint density at radius 2 is 1.78 bits per heavy atom. The van der Waals surface area contributed by atoms with Crippen molar-refractivity contribution in [3.05, 3.63) is 77.3 Å². The van der Waals surface area contributed by atoms with Crippen molar-refractivity contribution in [2.24, 2.45) is 5.73 Å². The summed E-state index contributed by atoms with van der Waals surface area (Å²) in [5.74, 6) is 0.0206. The summed E-state index contributed by atoms with van der Waals surface area (Å²) in [7, 11) is 3.03. The number of aromatic nitrogens is 2. The van der Waals surface area contributed by atoms with E-state index in [1.54, 1.807) is 24.9 Å². The number of ether oxygens (including phenoxy) is 1. The molecule has 0 aliphatic rings. The number of halogens is 3. The SMILES string of the molecule is COc1ccc(-c2nc(C(=O)N(C)[C@@H](C)Cc3ccccc3)c(C(C)N)o2)c2ccc(C(F)(F)F)nc12. The largest absolute Gasteiger partial charge is 0.494 e. The Labute approximate surface area is 212 Å². The summed E-state index contributed by atoms with van der Waals surface area (Å²) in [5.41, 5.74) is 6.55. The van der Waals surface area contributed by atoms with Crippen LogP contribution < -0.4 is 10.5 Å². The number of likely N-dealkylation sites (N-methyl/N-ethyl adjacent to an activating group) is 1. The van der Waals surface area contributed by atoms with Gasteiger partial charge in [-0.1, -0.05) is 30.3 Å². The third kappa shape index (κ3) is 5.29. The molecule has 2 N–H and O–H groups in total. The highest BCUT2D eigenvalue weighted by atomic mass is 19.4. The Kier molecular flexibility index (Phi) is 7.22. The molecule has 1 unspecified atom stereocenters. The lowest BCUT2D eigenvalue weighted by Crippen LogP contribution is -2.37. The third-order valence-electron chi connectivity index (χ3n) is 6.19. The van der Waals surface area contributed by atoms with Crippen LogP contribution in [0.25, 0.3) is 22.4 Å². The van der Waals surface area contributed by atoms with Crippen LogP contribution in [0.1, 0.15) is 47.4 Å². The number of amides is 1. The van der Waals surface area contributed by atoms with Crippen LogP contribution in [0.2, 0.25) is 0 Å². The molecule has 2 heterocycles. The Balaban J connectivity index is 1.75. The molecular weight excluding hydrogens is 485 g/mol. The van der Waals surface area contributed by atoms with Crippen LogP contribution in [0.15, 0.2) is 59.0 Å². The molecule has 0 saturated heterocycles. The van der Waals surface area contributed by atoms with Gasteiger partial charge in [0.25, 0.3) is 5.91 Å². The minimum atomic E-state index is -4.62. The molecule has 0 aliphatic carbocycles. The van der Waals surface area contributed by atoms with E-state index in [-0.39, 0.29) is 40.6 Å². The van der Waals surface area contributed by atoms with Gasteiger partial charge >= 0.3 is 6.18 Å². The van der Waals surface area contributed by atoms with Gasteiger partial charge in [0.2, 0.25) is 5.89 Å². The summed E-state index contributed by atoms with van der Waals surface area (Å²) >= 11 is 0. The van der Waals surface area contributed by atoms with Gasteiger partial charge in [0.05, 0.1) is 13.2 Å². The van der Waals surface area contributed by atoms with Crippen molar-refractivity contribution in [1.29, 1.82) is 0 Å². The maximum absolute atomic E-state index is 13.5. The quantitative estimate of drug-likeness (QED) is 0.344. The Hall–Kier alpha value is -3.92. The van der Waals surface area contributed by atoms with Crippen molar-refractivity contribution in [2.45, 2.75) is 38.5 Å². The molecule has 4 aromatic rings. The molecule has 0 radical (unpaired) electrons. The summed E-state index contributed by atoms with van der Waals surface area (Å²) in [4.78, 5) is 23.3. The van der Waals surface area contributed by atoms with Gasteiger partial charge in [0, 0.05) is 24.0 Å². The number of carbonyl (C=O) groups excluding carboxylic acids is 1. The first-order valence-corrected chi connectivity index (χ1v) is 11.6. The average Bonchev–Trinajstić information content (AvgIpc) is 3.32. The molecule has 0 fully saturated rings. The zero-order valence-electron chi connectivity index (χ0n) is 20.8. The van der Waals surface area contributed by atoms with Crippen molar-refractivity contribution in [3.8, 4) is 17.2 Å². The second kappa shape index (κ2) is 10.2. The fourth-order valence-electron chi connectivity index (χ4n) is 4.07. The lowest BCUT2D eigenvalue weighted by Gasteiger charge is -2.24. The molecule has 37 heavy (non-hydrogen) atoms. The number of fused-ring (bicyclic) bond motifs is 1. The number of nitrogens with zero attached hydrogens (tertiary/aromatic N) is 3. The van der Waals surface area contributed by atoms with Gasteiger partial charge in [0.1, 0.15) is 17.0 Å². The maximum atomic E-state index is 13.5. The molecule has 0 spiro atoms. The molecule has 2 aromatic heterocycles. The monoisotopic (exact) mass is 512 g/mol. The summed E-state index contributed by atoms with van der Waals surface area (Å²) in [5, 5.41) is 0.328. The van der Waals surface area contributed by atoms with Crippen molar-refractivity contribution >= 4 is 16.8 Å². The number of hydrogen-bond donors (Lipinski definition) is 1. The molecular formula is C27H27F3N4O3. The Morgan fingerprint density at radius 3 is 2.41 bits per heavy atom. The van der Waals surface area contributed by atoms with Crippen molar-refractivity contribution in [3.63, 3.8) is 0 Å². The molecule has 0 bridgehead atoms. The number of alkyl halides is 3. The molecule has 10 heteroatoms. The first-order chi connectivity index (χ1) is 17.5. The average molecular weight is 513 g/mol. The smallest absolute Gasteiger partial charge is 0.433 e. The van der Waals surface area contributed by atoms with Gasteiger partial charge in [-0.05, 0) is 50.1 Å². The number of oxazole rings is 1. The van der Waals surface area contributed by atoms with Crippen LogP contribution >= 0.6 is 0 Å². The number of pyridine rings is 1. The van der Waals surface area contributed by atoms with Gasteiger partial charge < -0.3 is 19.8 Å². The van der Waals surface area contributed by atoms with E-state index in [4.69, 9.17) is 14.9 Å². The first kappa shape index (κ1) is 26.2. The van der Waals surface area contributed by atoms with E-state index < -0.39 is 17.9 Å². The predicted molar refractivity (Wildman–Crippen MR) is 133 cm³/mol. The second-order valence-corrected chi connectivity index (χ2v) is 8.88. The molecule has 2 atom stereocenters. The van der Waals surface area contributed by atoms with Crippen molar-refractivity contribution < 1.29 is 27.1 Å². The van der Waals surface area contributed by atoms with Gasteiger partial charge in [-0.25, -0.2) is 9.97 Å². The number of benzene rings is 2. The predicted octanol–water partition coefficient (Wildman–Crippen LogP) is 5.64. The van der Waals surface area contributed by atoms with Crippen LogP contribution in [0, 0.1) is 0 Å². The van der Waals surface area contributed by atoms with E-state index in [1.165, 1.54) is 19.2 Å². The van der Waals surface area contributed by atoms with E-state index in [0.717, 1.165) is 11.6 Å². The zero-order chi connectivity index (χ0) is 26.9. The van der Waals surface area contributed by atoms with Crippen molar-refractivity contribution in [1.82, 2.24) is 14.9 Å². The van der Waals surface area contributed by atoms with Crippen LogP contribution in [0.5, 0.6) is 5.75 Å². The number of methoxy groups -OCH3 is 1. The molecule has 1 amide bonds. The normalized spacial score (nSPS) is 13.4. The molecule has 4 rings (SSSR count). The standard InChI is InChI=1S/C27H27F3N4O3/c1-15(14-17-8-6-5-7-9-17)34(3)26(35)23-24(16(2)31)37-25(33-23)19-10-12-20(36-4)22-18(19)11-13-21(32-22)27(28,29)30/h5-13,15-16H,14,31H2,1-4H3/t15-,16?/m0/s1. The lowest BCUT2D eigenvalue weighted by molar-refractivity contribution is -0.140. The Bertz CT molecular complexity index is 1420. The fourth-order valence-corrected chi connectivity index (χ4v) is 4.07. The highest BCUT2D eigenvalue weighted by Gasteiger charge is 2.33. The van der Waals surface area contributed by atoms with E-state index in [2.05, 4.69) is 9.97 Å². The first-order valence-electron chi connectivity index (χ1n) is 11.6. The lowest BCUT2D eigenvalue weighted by atomic mass is 10.1. The number of rotatable bonds is 7. The summed E-state index contributed by atoms with van der Waals surface area (Å²) in [6, 6.07) is 14.2. The fraction of sp³-hybridized carbons (Fsp3) is 0.296. The number of carbonyl (C=O) groups is 1. The third-order valence-corrected chi connectivity index (χ3v) is 6.19. The van der Waals surface area contributed by atoms with Crippen molar-refractivity contribution in [2.75, 3.05) is 14.2 Å². The molecule has 0 saturated carbocycles. The summed E-state index contributed by atoms with van der Waals surface area (Å²) in [6.07, 6.45) is -3.99. The van der Waals surface area contributed by atoms with Crippen LogP contribution in [-0.2, 0) is 12.6 Å². The van der Waals surface area contributed by atoms with E-state index in [9.17, 15) is 18.0 Å².